The van der Waals surface area contributed by atoms with Crippen LogP contribution in [0.2, 0.25) is 0 Å². The zero-order chi connectivity index (χ0) is 19.8. The molecule has 29 heavy (non-hydrogen) atoms. The fourth-order valence-electron chi connectivity index (χ4n) is 3.98. The number of likely N-dealkylation sites (N-methyl/N-ethyl adjacent to an activating group) is 1. The number of nitrogens with one attached hydrogen (secondary N) is 1. The highest BCUT2D eigenvalue weighted by Crippen LogP contribution is 2.37. The van der Waals surface area contributed by atoms with Crippen LogP contribution in [0.4, 0.5) is 0 Å². The second-order valence-electron chi connectivity index (χ2n) is 8.32. The molecule has 3 rings (SSSR count). The standard InChI is InChI=1S/C23H37N3O2.HI/c1-4-24-22(26(3)13-16-28-17-20-9-10-20)25-18-23(11-14-27-15-12-23)21-8-6-5-7-19(21)2;/h5-8,20H,4,9-18H2,1-3H3,(H,24,25);1H. The first-order valence-corrected chi connectivity index (χ1v) is 10.9. The van der Waals surface area contributed by atoms with Crippen LogP contribution >= 0.6 is 24.0 Å². The first-order chi connectivity index (χ1) is 13.6. The average molecular weight is 515 g/mol. The van der Waals surface area contributed by atoms with Crippen LogP contribution in [0.25, 0.3) is 0 Å². The van der Waals surface area contributed by atoms with Crippen molar-refractivity contribution in [2.45, 2.75) is 44.9 Å². The highest BCUT2D eigenvalue weighted by Gasteiger charge is 2.35. The first-order valence-electron chi connectivity index (χ1n) is 10.9. The maximum atomic E-state index is 5.81. The Bertz CT molecular complexity index is 643. The molecule has 0 aromatic heterocycles. The van der Waals surface area contributed by atoms with Crippen molar-refractivity contribution in [3.05, 3.63) is 35.4 Å². The third-order valence-electron chi connectivity index (χ3n) is 6.02. The van der Waals surface area contributed by atoms with Crippen molar-refractivity contribution in [3.8, 4) is 0 Å². The Kier molecular flexibility index (Phi) is 10.2. The monoisotopic (exact) mass is 515 g/mol. The van der Waals surface area contributed by atoms with Gasteiger partial charge < -0.3 is 19.7 Å². The number of nitrogens with zero attached hydrogens (tertiary/aromatic N) is 2. The fourth-order valence-corrected chi connectivity index (χ4v) is 3.98. The minimum Gasteiger partial charge on any atom is -0.381 e. The van der Waals surface area contributed by atoms with Gasteiger partial charge in [-0.15, -0.1) is 24.0 Å². The Morgan fingerprint density at radius 3 is 2.66 bits per heavy atom. The molecule has 1 N–H and O–H groups in total. The van der Waals surface area contributed by atoms with E-state index >= 15 is 0 Å². The Balaban J connectivity index is 0.00000300. The quantitative estimate of drug-likeness (QED) is 0.234. The van der Waals surface area contributed by atoms with Crippen LogP contribution in [0.5, 0.6) is 0 Å². The molecule has 2 fully saturated rings. The first kappa shape index (κ1) is 24.4. The van der Waals surface area contributed by atoms with E-state index in [2.05, 4.69) is 55.4 Å². The van der Waals surface area contributed by atoms with Gasteiger partial charge in [0.25, 0.3) is 0 Å². The number of halogens is 1. The number of benzene rings is 1. The highest BCUT2D eigenvalue weighted by atomic mass is 127. The summed E-state index contributed by atoms with van der Waals surface area (Å²) in [6.45, 7) is 10.1. The molecule has 164 valence electrons. The molecule has 0 atom stereocenters. The lowest BCUT2D eigenvalue weighted by molar-refractivity contribution is 0.0528. The molecule has 1 saturated carbocycles. The van der Waals surface area contributed by atoms with Crippen molar-refractivity contribution in [3.63, 3.8) is 0 Å². The van der Waals surface area contributed by atoms with E-state index in [0.29, 0.717) is 0 Å². The maximum absolute atomic E-state index is 5.81. The zero-order valence-corrected chi connectivity index (χ0v) is 20.6. The number of aryl methyl sites for hydroxylation is 1. The predicted octanol–water partition coefficient (Wildman–Crippen LogP) is 3.99. The van der Waals surface area contributed by atoms with Gasteiger partial charge in [0.15, 0.2) is 5.96 Å². The molecule has 2 aliphatic rings. The molecule has 1 heterocycles. The normalized spacial score (nSPS) is 18.8. The molecule has 0 amide bonds. The maximum Gasteiger partial charge on any atom is 0.193 e. The molecule has 6 heteroatoms. The van der Waals surface area contributed by atoms with Gasteiger partial charge in [-0.3, -0.25) is 4.99 Å². The second kappa shape index (κ2) is 12.1. The lowest BCUT2D eigenvalue weighted by atomic mass is 9.72. The third kappa shape index (κ3) is 7.10. The van der Waals surface area contributed by atoms with Crippen molar-refractivity contribution in [1.82, 2.24) is 10.2 Å². The summed E-state index contributed by atoms with van der Waals surface area (Å²) in [5.41, 5.74) is 2.84. The number of hydrogen-bond acceptors (Lipinski definition) is 3. The van der Waals surface area contributed by atoms with E-state index in [0.717, 1.165) is 70.8 Å². The van der Waals surface area contributed by atoms with Gasteiger partial charge in [-0.25, -0.2) is 0 Å². The van der Waals surface area contributed by atoms with Crippen LogP contribution in [0.15, 0.2) is 29.3 Å². The number of aliphatic imine (C=N–C) groups is 1. The molecule has 0 unspecified atom stereocenters. The minimum atomic E-state index is 0. The van der Waals surface area contributed by atoms with Crippen LogP contribution in [0.3, 0.4) is 0 Å². The van der Waals surface area contributed by atoms with Crippen LogP contribution in [0, 0.1) is 12.8 Å². The van der Waals surface area contributed by atoms with Gasteiger partial charge in [0, 0.05) is 45.4 Å². The van der Waals surface area contributed by atoms with E-state index in [1.807, 2.05) is 0 Å². The summed E-state index contributed by atoms with van der Waals surface area (Å²) < 4.78 is 11.5. The molecule has 1 aromatic rings. The summed E-state index contributed by atoms with van der Waals surface area (Å²) in [5.74, 6) is 1.78. The van der Waals surface area contributed by atoms with Gasteiger partial charge in [-0.2, -0.15) is 0 Å². The van der Waals surface area contributed by atoms with Gasteiger partial charge >= 0.3 is 0 Å². The zero-order valence-electron chi connectivity index (χ0n) is 18.3. The van der Waals surface area contributed by atoms with Gasteiger partial charge in [0.2, 0.25) is 0 Å². The van der Waals surface area contributed by atoms with Crippen LogP contribution in [-0.4, -0.2) is 64.0 Å². The summed E-state index contributed by atoms with van der Waals surface area (Å²) >= 11 is 0. The Labute approximate surface area is 193 Å². The molecule has 1 aromatic carbocycles. The number of hydrogen-bond donors (Lipinski definition) is 1. The van der Waals surface area contributed by atoms with Crippen molar-refractivity contribution in [2.75, 3.05) is 53.1 Å². The molecule has 5 nitrogen and oxygen atoms in total. The highest BCUT2D eigenvalue weighted by molar-refractivity contribution is 14.0. The van der Waals surface area contributed by atoms with Crippen molar-refractivity contribution in [1.29, 1.82) is 0 Å². The summed E-state index contributed by atoms with van der Waals surface area (Å²) in [6.07, 6.45) is 4.72. The Hall–Kier alpha value is -0.860. The van der Waals surface area contributed by atoms with E-state index in [1.54, 1.807) is 0 Å². The summed E-state index contributed by atoms with van der Waals surface area (Å²) in [4.78, 5) is 7.27. The van der Waals surface area contributed by atoms with E-state index in [4.69, 9.17) is 14.5 Å². The SMILES string of the molecule is CCNC(=NCC1(c2ccccc2C)CCOCC1)N(C)CCOCC1CC1.I. The number of ether oxygens (including phenoxy) is 2. The molecule has 0 radical (unpaired) electrons. The molecule has 1 saturated heterocycles. The van der Waals surface area contributed by atoms with Gasteiger partial charge in [0.1, 0.15) is 0 Å². The number of guanidine groups is 1. The summed E-state index contributed by atoms with van der Waals surface area (Å²) in [7, 11) is 2.10. The van der Waals surface area contributed by atoms with E-state index in [9.17, 15) is 0 Å². The van der Waals surface area contributed by atoms with Crippen molar-refractivity contribution in [2.24, 2.45) is 10.9 Å². The third-order valence-corrected chi connectivity index (χ3v) is 6.02. The smallest absolute Gasteiger partial charge is 0.193 e. The minimum absolute atomic E-state index is 0. The fraction of sp³-hybridized carbons (Fsp3) is 0.696. The Morgan fingerprint density at radius 1 is 1.28 bits per heavy atom. The lowest BCUT2D eigenvalue weighted by Crippen LogP contribution is -2.43. The lowest BCUT2D eigenvalue weighted by Gasteiger charge is -2.38. The molecule has 1 aliphatic heterocycles. The van der Waals surface area contributed by atoms with Gasteiger partial charge in [-0.05, 0) is 56.6 Å². The van der Waals surface area contributed by atoms with Crippen molar-refractivity contribution < 1.29 is 9.47 Å². The van der Waals surface area contributed by atoms with E-state index in [1.165, 1.54) is 24.0 Å². The van der Waals surface area contributed by atoms with E-state index < -0.39 is 0 Å². The topological polar surface area (TPSA) is 46.1 Å². The Morgan fingerprint density at radius 2 is 2.00 bits per heavy atom. The molecule has 0 spiro atoms. The molecular formula is C23H38IN3O2. The molecule has 1 aliphatic carbocycles. The van der Waals surface area contributed by atoms with Crippen LogP contribution in [-0.2, 0) is 14.9 Å². The van der Waals surface area contributed by atoms with E-state index in [-0.39, 0.29) is 29.4 Å². The largest absolute Gasteiger partial charge is 0.381 e. The number of rotatable bonds is 9. The van der Waals surface area contributed by atoms with Gasteiger partial charge in [0.05, 0.1) is 13.2 Å². The average Bonchev–Trinajstić information content (AvgIpc) is 3.54. The second-order valence-corrected chi connectivity index (χ2v) is 8.32. The predicted molar refractivity (Wildman–Crippen MR) is 130 cm³/mol. The molecule has 0 bridgehead atoms. The van der Waals surface area contributed by atoms with Gasteiger partial charge in [-0.1, -0.05) is 24.3 Å². The summed E-state index contributed by atoms with van der Waals surface area (Å²) in [5, 5.41) is 3.46. The van der Waals surface area contributed by atoms with Crippen molar-refractivity contribution >= 4 is 29.9 Å². The van der Waals surface area contributed by atoms with Crippen LogP contribution in [0.1, 0.15) is 43.7 Å². The molecular weight excluding hydrogens is 477 g/mol. The van der Waals surface area contributed by atoms with Crippen LogP contribution < -0.4 is 5.32 Å². The summed E-state index contributed by atoms with van der Waals surface area (Å²) in [6, 6.07) is 8.76.